The van der Waals surface area contributed by atoms with Crippen LogP contribution in [0.25, 0.3) is 0 Å². The molecule has 2 rings (SSSR count). The summed E-state index contributed by atoms with van der Waals surface area (Å²) in [6.45, 7) is 12.0. The third kappa shape index (κ3) is 10.3. The average molecular weight is 500 g/mol. The number of alkyl carbamates (subject to hydrolysis) is 1. The minimum Gasteiger partial charge on any atom is -0.464 e. The molecule has 1 unspecified atom stereocenters. The topological polar surface area (TPSA) is 90.9 Å². The molecule has 0 radical (unpaired) electrons. The van der Waals surface area contributed by atoms with E-state index in [1.54, 1.807) is 20.8 Å². The van der Waals surface area contributed by atoms with Gasteiger partial charge in [-0.1, -0.05) is 80.3 Å². The largest absolute Gasteiger partial charge is 0.464 e. The van der Waals surface area contributed by atoms with Crippen molar-refractivity contribution in [1.82, 2.24) is 5.32 Å². The Morgan fingerprint density at radius 2 is 1.46 bits per heavy atom. The van der Waals surface area contributed by atoms with Crippen molar-refractivity contribution in [2.75, 3.05) is 6.61 Å². The lowest BCUT2D eigenvalue weighted by molar-refractivity contribution is -0.153. The number of carbonyl (C=O) groups is 3. The van der Waals surface area contributed by atoms with E-state index in [9.17, 15) is 14.4 Å². The average Bonchev–Trinajstić information content (AvgIpc) is 2.76. The molecule has 1 N–H and O–H groups in total. The lowest BCUT2D eigenvalue weighted by atomic mass is 10.1. The SMILES string of the molecule is CC(C)(C)OC(=O)N[C@@H](CC(=O)OCc1ccccc1)C(=O)OCC(c1ccccc1)[Si](C)(C)C. The summed E-state index contributed by atoms with van der Waals surface area (Å²) >= 11 is 0. The van der Waals surface area contributed by atoms with Crippen LogP contribution in [0.4, 0.5) is 4.79 Å². The molecule has 0 aliphatic heterocycles. The van der Waals surface area contributed by atoms with Gasteiger partial charge in [0.1, 0.15) is 18.2 Å². The molecular formula is C27H37NO6Si. The number of ether oxygens (including phenoxy) is 3. The molecule has 8 heteroatoms. The Kier molecular flexibility index (Phi) is 10.1. The summed E-state index contributed by atoms with van der Waals surface area (Å²) in [4.78, 5) is 37.9. The van der Waals surface area contributed by atoms with E-state index >= 15 is 0 Å². The molecular weight excluding hydrogens is 462 g/mol. The lowest BCUT2D eigenvalue weighted by Crippen LogP contribution is -2.46. The van der Waals surface area contributed by atoms with E-state index < -0.39 is 37.7 Å². The molecule has 2 atom stereocenters. The highest BCUT2D eigenvalue weighted by atomic mass is 28.3. The molecule has 0 fully saturated rings. The van der Waals surface area contributed by atoms with Gasteiger partial charge in [-0.2, -0.15) is 0 Å². The Balaban J connectivity index is 2.09. The van der Waals surface area contributed by atoms with E-state index in [4.69, 9.17) is 14.2 Å². The van der Waals surface area contributed by atoms with E-state index in [2.05, 4.69) is 25.0 Å². The number of esters is 2. The zero-order chi connectivity index (χ0) is 26.1. The van der Waals surface area contributed by atoms with Crippen LogP contribution in [-0.2, 0) is 30.4 Å². The first-order valence-electron chi connectivity index (χ1n) is 11.8. The van der Waals surface area contributed by atoms with Crippen LogP contribution in [0, 0.1) is 0 Å². The molecule has 190 valence electrons. The highest BCUT2D eigenvalue weighted by Gasteiger charge is 2.33. The van der Waals surface area contributed by atoms with E-state index in [0.717, 1.165) is 11.1 Å². The van der Waals surface area contributed by atoms with Crippen LogP contribution in [0.3, 0.4) is 0 Å². The molecule has 0 spiro atoms. The van der Waals surface area contributed by atoms with Crippen molar-refractivity contribution < 1.29 is 28.6 Å². The molecule has 7 nitrogen and oxygen atoms in total. The highest BCUT2D eigenvalue weighted by molar-refractivity contribution is 6.77. The molecule has 0 saturated heterocycles. The standard InChI is InChI=1S/C27H37NO6Si/c1-27(2,3)34-26(31)28-22(17-24(29)32-18-20-13-9-7-10-14-20)25(30)33-19-23(35(4,5)6)21-15-11-8-12-16-21/h7-16,22-23H,17-19H2,1-6H3,(H,28,31)/t22-,23?/m0/s1. The van der Waals surface area contributed by atoms with Crippen LogP contribution in [0.2, 0.25) is 19.6 Å². The molecule has 0 aliphatic carbocycles. The van der Waals surface area contributed by atoms with Gasteiger partial charge in [-0.15, -0.1) is 0 Å². The predicted octanol–water partition coefficient (Wildman–Crippen LogP) is 5.22. The number of nitrogens with one attached hydrogen (secondary N) is 1. The summed E-state index contributed by atoms with van der Waals surface area (Å²) in [5.41, 5.74) is 1.21. The molecule has 0 bridgehead atoms. The van der Waals surface area contributed by atoms with Crippen LogP contribution in [-0.4, -0.2) is 44.4 Å². The van der Waals surface area contributed by atoms with E-state index in [1.165, 1.54) is 0 Å². The molecule has 35 heavy (non-hydrogen) atoms. The first-order valence-corrected chi connectivity index (χ1v) is 15.3. The number of rotatable bonds is 10. The fourth-order valence-electron chi connectivity index (χ4n) is 3.40. The maximum Gasteiger partial charge on any atom is 0.408 e. The summed E-state index contributed by atoms with van der Waals surface area (Å²) in [5.74, 6) is -1.33. The number of hydrogen-bond acceptors (Lipinski definition) is 6. The van der Waals surface area contributed by atoms with Crippen LogP contribution in [0.1, 0.15) is 43.9 Å². The van der Waals surface area contributed by atoms with Gasteiger partial charge in [0, 0.05) is 5.54 Å². The van der Waals surface area contributed by atoms with Crippen molar-refractivity contribution in [2.45, 2.75) is 70.6 Å². The fourth-order valence-corrected chi connectivity index (χ4v) is 5.18. The molecule has 0 aliphatic rings. The maximum absolute atomic E-state index is 13.0. The molecule has 1 amide bonds. The van der Waals surface area contributed by atoms with Gasteiger partial charge in [-0.25, -0.2) is 9.59 Å². The predicted molar refractivity (Wildman–Crippen MR) is 138 cm³/mol. The van der Waals surface area contributed by atoms with E-state index in [-0.39, 0.29) is 25.2 Å². The van der Waals surface area contributed by atoms with Gasteiger partial charge >= 0.3 is 18.0 Å². The lowest BCUT2D eigenvalue weighted by Gasteiger charge is -2.30. The Hall–Kier alpha value is -3.13. The van der Waals surface area contributed by atoms with Gasteiger partial charge < -0.3 is 19.5 Å². The summed E-state index contributed by atoms with van der Waals surface area (Å²) in [6.07, 6.45) is -1.17. The summed E-state index contributed by atoms with van der Waals surface area (Å²) < 4.78 is 16.2. The molecule has 2 aromatic carbocycles. The number of amides is 1. The normalized spacial score (nSPS) is 13.3. The number of benzene rings is 2. The minimum atomic E-state index is -1.76. The van der Waals surface area contributed by atoms with E-state index in [1.807, 2.05) is 60.7 Å². The van der Waals surface area contributed by atoms with Crippen molar-refractivity contribution in [3.05, 3.63) is 71.8 Å². The monoisotopic (exact) mass is 499 g/mol. The zero-order valence-electron chi connectivity index (χ0n) is 21.5. The molecule has 0 saturated carbocycles. The van der Waals surface area contributed by atoms with Gasteiger partial charge in [0.25, 0.3) is 0 Å². The van der Waals surface area contributed by atoms with Crippen molar-refractivity contribution in [3.8, 4) is 0 Å². The first kappa shape index (κ1) is 28.1. The second-order valence-corrected chi connectivity index (χ2v) is 15.9. The second kappa shape index (κ2) is 12.5. The fraction of sp³-hybridized carbons (Fsp3) is 0.444. The van der Waals surface area contributed by atoms with Gasteiger partial charge in [-0.05, 0) is 31.9 Å². The van der Waals surface area contributed by atoms with Gasteiger partial charge in [0.2, 0.25) is 0 Å². The van der Waals surface area contributed by atoms with Crippen LogP contribution in [0.15, 0.2) is 60.7 Å². The third-order valence-corrected chi connectivity index (χ3v) is 7.82. The first-order chi connectivity index (χ1) is 16.3. The second-order valence-electron chi connectivity index (χ2n) is 10.5. The van der Waals surface area contributed by atoms with Gasteiger partial charge in [-0.3, -0.25) is 4.79 Å². The third-order valence-electron chi connectivity index (χ3n) is 5.23. The van der Waals surface area contributed by atoms with Crippen LogP contribution in [0.5, 0.6) is 0 Å². The quantitative estimate of drug-likeness (QED) is 0.274. The Labute approximate surface area is 209 Å². The van der Waals surface area contributed by atoms with Gasteiger partial charge in [0.15, 0.2) is 0 Å². The highest BCUT2D eigenvalue weighted by Crippen LogP contribution is 2.27. The Morgan fingerprint density at radius 3 is 2.00 bits per heavy atom. The molecule has 2 aromatic rings. The smallest absolute Gasteiger partial charge is 0.408 e. The molecule has 0 aromatic heterocycles. The van der Waals surface area contributed by atoms with E-state index in [0.29, 0.717) is 0 Å². The van der Waals surface area contributed by atoms with Crippen molar-refractivity contribution >= 4 is 26.1 Å². The number of carbonyl (C=O) groups excluding carboxylic acids is 3. The summed E-state index contributed by atoms with van der Waals surface area (Å²) in [5, 5.41) is 2.48. The summed E-state index contributed by atoms with van der Waals surface area (Å²) in [6, 6.07) is 17.9. The maximum atomic E-state index is 13.0. The Morgan fingerprint density at radius 1 is 0.886 bits per heavy atom. The minimum absolute atomic E-state index is 0.0554. The van der Waals surface area contributed by atoms with Crippen molar-refractivity contribution in [1.29, 1.82) is 0 Å². The molecule has 0 heterocycles. The van der Waals surface area contributed by atoms with Crippen molar-refractivity contribution in [2.24, 2.45) is 0 Å². The van der Waals surface area contributed by atoms with Gasteiger partial charge in [0.05, 0.1) is 21.1 Å². The number of hydrogen-bond donors (Lipinski definition) is 1. The van der Waals surface area contributed by atoms with Crippen molar-refractivity contribution in [3.63, 3.8) is 0 Å². The Bertz CT molecular complexity index is 967. The summed E-state index contributed by atoms with van der Waals surface area (Å²) in [7, 11) is -1.76. The van der Waals surface area contributed by atoms with Crippen LogP contribution < -0.4 is 5.32 Å². The zero-order valence-corrected chi connectivity index (χ0v) is 22.5. The van der Waals surface area contributed by atoms with Crippen LogP contribution >= 0.6 is 0 Å².